The van der Waals surface area contributed by atoms with Crippen LogP contribution in [0, 0.1) is 5.92 Å². The van der Waals surface area contributed by atoms with Gasteiger partial charge in [-0.2, -0.15) is 8.78 Å². The van der Waals surface area contributed by atoms with E-state index in [2.05, 4.69) is 11.7 Å². The van der Waals surface area contributed by atoms with Crippen LogP contribution in [0.5, 0.6) is 5.75 Å². The molecule has 1 fully saturated rings. The fraction of sp³-hybridized carbons (Fsp3) is 0.562. The Kier molecular flexibility index (Phi) is 5.15. The minimum Gasteiger partial charge on any atom is -0.435 e. The topological polar surface area (TPSA) is 29.5 Å². The molecule has 0 saturated heterocycles. The van der Waals surface area contributed by atoms with Crippen LogP contribution < -0.4 is 4.74 Å². The number of amides is 1. The second-order valence-corrected chi connectivity index (χ2v) is 5.73. The Morgan fingerprint density at radius 3 is 2.29 bits per heavy atom. The molecule has 0 bridgehead atoms. The van der Waals surface area contributed by atoms with Gasteiger partial charge in [0.1, 0.15) is 5.75 Å². The minimum absolute atomic E-state index is 0.0655. The summed E-state index contributed by atoms with van der Waals surface area (Å²) in [6, 6.07) is 6.13. The van der Waals surface area contributed by atoms with Crippen LogP contribution in [0.15, 0.2) is 24.3 Å². The first kappa shape index (κ1) is 15.7. The Labute approximate surface area is 123 Å². The molecule has 1 aromatic rings. The molecule has 0 N–H and O–H groups in total. The fourth-order valence-electron chi connectivity index (χ4n) is 2.78. The minimum atomic E-state index is -2.85. The quantitative estimate of drug-likeness (QED) is 0.842. The lowest BCUT2D eigenvalue weighted by Gasteiger charge is -2.33. The lowest BCUT2D eigenvalue weighted by Crippen LogP contribution is -2.39. The van der Waals surface area contributed by atoms with Crippen molar-refractivity contribution in [1.82, 2.24) is 4.90 Å². The SMILES string of the molecule is CC1CCC(N(C)C(=O)c2ccc(OC(F)F)cc2)CC1. The largest absolute Gasteiger partial charge is 0.435 e. The van der Waals surface area contributed by atoms with E-state index in [0.29, 0.717) is 5.56 Å². The van der Waals surface area contributed by atoms with E-state index < -0.39 is 6.61 Å². The van der Waals surface area contributed by atoms with Crippen LogP contribution in [0.3, 0.4) is 0 Å². The van der Waals surface area contributed by atoms with Crippen molar-refractivity contribution in [2.45, 2.75) is 45.3 Å². The predicted octanol–water partition coefficient (Wildman–Crippen LogP) is 3.94. The number of benzene rings is 1. The molecule has 1 saturated carbocycles. The monoisotopic (exact) mass is 297 g/mol. The van der Waals surface area contributed by atoms with Gasteiger partial charge in [-0.25, -0.2) is 0 Å². The van der Waals surface area contributed by atoms with Gasteiger partial charge in [0.2, 0.25) is 0 Å². The number of halogens is 2. The van der Waals surface area contributed by atoms with Crippen molar-refractivity contribution in [2.75, 3.05) is 7.05 Å². The molecule has 3 nitrogen and oxygen atoms in total. The maximum absolute atomic E-state index is 12.4. The van der Waals surface area contributed by atoms with Crippen molar-refractivity contribution in [2.24, 2.45) is 5.92 Å². The molecule has 1 aromatic carbocycles. The van der Waals surface area contributed by atoms with Gasteiger partial charge in [-0.3, -0.25) is 4.79 Å². The summed E-state index contributed by atoms with van der Waals surface area (Å²) < 4.78 is 28.4. The Balaban J connectivity index is 1.98. The normalized spacial score (nSPS) is 22.1. The average molecular weight is 297 g/mol. The van der Waals surface area contributed by atoms with Gasteiger partial charge < -0.3 is 9.64 Å². The van der Waals surface area contributed by atoms with E-state index in [9.17, 15) is 13.6 Å². The van der Waals surface area contributed by atoms with Gasteiger partial charge >= 0.3 is 6.61 Å². The molecular weight excluding hydrogens is 276 g/mol. The van der Waals surface area contributed by atoms with Crippen molar-refractivity contribution >= 4 is 5.91 Å². The second kappa shape index (κ2) is 6.87. The van der Waals surface area contributed by atoms with E-state index in [1.807, 2.05) is 7.05 Å². The van der Waals surface area contributed by atoms with Crippen molar-refractivity contribution in [3.05, 3.63) is 29.8 Å². The number of rotatable bonds is 4. The first-order valence-corrected chi connectivity index (χ1v) is 7.29. The number of alkyl halides is 2. The zero-order valence-electron chi connectivity index (χ0n) is 12.4. The van der Waals surface area contributed by atoms with Crippen LogP contribution in [-0.4, -0.2) is 30.5 Å². The molecule has 2 rings (SSSR count). The first-order valence-electron chi connectivity index (χ1n) is 7.29. The molecule has 1 aliphatic carbocycles. The zero-order valence-corrected chi connectivity index (χ0v) is 12.4. The maximum Gasteiger partial charge on any atom is 0.387 e. The van der Waals surface area contributed by atoms with Crippen LogP contribution in [0.2, 0.25) is 0 Å². The third-order valence-corrected chi connectivity index (χ3v) is 4.18. The zero-order chi connectivity index (χ0) is 15.4. The highest BCUT2D eigenvalue weighted by molar-refractivity contribution is 5.94. The molecule has 0 radical (unpaired) electrons. The van der Waals surface area contributed by atoms with E-state index >= 15 is 0 Å². The van der Waals surface area contributed by atoms with E-state index in [1.54, 1.807) is 4.90 Å². The van der Waals surface area contributed by atoms with Gasteiger partial charge in [-0.1, -0.05) is 6.92 Å². The molecular formula is C16H21F2NO2. The van der Waals surface area contributed by atoms with E-state index in [0.717, 1.165) is 31.6 Å². The molecule has 0 aromatic heterocycles. The van der Waals surface area contributed by atoms with Crippen molar-refractivity contribution in [3.63, 3.8) is 0 Å². The van der Waals surface area contributed by atoms with E-state index in [1.165, 1.54) is 24.3 Å². The maximum atomic E-state index is 12.4. The summed E-state index contributed by atoms with van der Waals surface area (Å²) >= 11 is 0. The first-order chi connectivity index (χ1) is 9.97. The summed E-state index contributed by atoms with van der Waals surface area (Å²) in [5.74, 6) is 0.726. The average Bonchev–Trinajstić information content (AvgIpc) is 2.47. The molecule has 0 unspecified atom stereocenters. The Morgan fingerprint density at radius 1 is 1.19 bits per heavy atom. The van der Waals surface area contributed by atoms with Gasteiger partial charge in [0, 0.05) is 18.7 Å². The van der Waals surface area contributed by atoms with Gasteiger partial charge in [-0.05, 0) is 55.9 Å². The van der Waals surface area contributed by atoms with E-state index in [4.69, 9.17) is 0 Å². The Bertz CT molecular complexity index is 468. The molecule has 5 heteroatoms. The van der Waals surface area contributed by atoms with Crippen molar-refractivity contribution in [1.29, 1.82) is 0 Å². The lowest BCUT2D eigenvalue weighted by atomic mass is 9.86. The van der Waals surface area contributed by atoms with Gasteiger partial charge in [0.25, 0.3) is 5.91 Å². The highest BCUT2D eigenvalue weighted by atomic mass is 19.3. The van der Waals surface area contributed by atoms with E-state index in [-0.39, 0.29) is 17.7 Å². The van der Waals surface area contributed by atoms with Crippen LogP contribution in [0.25, 0.3) is 0 Å². The fourth-order valence-corrected chi connectivity index (χ4v) is 2.78. The molecule has 0 heterocycles. The summed E-state index contributed by atoms with van der Waals surface area (Å²) in [4.78, 5) is 14.2. The molecule has 116 valence electrons. The number of hydrogen-bond donors (Lipinski definition) is 0. The summed E-state index contributed by atoms with van der Waals surface area (Å²) in [7, 11) is 1.81. The van der Waals surface area contributed by atoms with Gasteiger partial charge in [-0.15, -0.1) is 0 Å². The third kappa shape index (κ3) is 4.16. The third-order valence-electron chi connectivity index (χ3n) is 4.18. The standard InChI is InChI=1S/C16H21F2NO2/c1-11-3-7-13(8-4-11)19(2)15(20)12-5-9-14(10-6-12)21-16(17)18/h5-6,9-11,13,16H,3-4,7-8H2,1-2H3. The van der Waals surface area contributed by atoms with Crippen LogP contribution in [-0.2, 0) is 0 Å². The van der Waals surface area contributed by atoms with Crippen molar-refractivity contribution in [3.8, 4) is 5.75 Å². The second-order valence-electron chi connectivity index (χ2n) is 5.73. The molecule has 1 aliphatic rings. The summed E-state index contributed by atoms with van der Waals surface area (Å²) in [5, 5.41) is 0. The molecule has 0 atom stereocenters. The number of ether oxygens (including phenoxy) is 1. The van der Waals surface area contributed by atoms with Crippen molar-refractivity contribution < 1.29 is 18.3 Å². The molecule has 21 heavy (non-hydrogen) atoms. The Morgan fingerprint density at radius 2 is 1.76 bits per heavy atom. The van der Waals surface area contributed by atoms with Crippen LogP contribution in [0.4, 0.5) is 8.78 Å². The van der Waals surface area contributed by atoms with Gasteiger partial charge in [0.05, 0.1) is 0 Å². The number of carbonyl (C=O) groups excluding carboxylic acids is 1. The van der Waals surface area contributed by atoms with Crippen LogP contribution >= 0.6 is 0 Å². The lowest BCUT2D eigenvalue weighted by molar-refractivity contribution is -0.0498. The molecule has 0 spiro atoms. The number of carbonyl (C=O) groups is 1. The number of nitrogens with zero attached hydrogens (tertiary/aromatic N) is 1. The highest BCUT2D eigenvalue weighted by Crippen LogP contribution is 2.27. The smallest absolute Gasteiger partial charge is 0.387 e. The summed E-state index contributed by atoms with van der Waals surface area (Å²) in [6.07, 6.45) is 4.33. The number of hydrogen-bond acceptors (Lipinski definition) is 2. The predicted molar refractivity (Wildman–Crippen MR) is 76.6 cm³/mol. The molecule has 1 amide bonds. The molecule has 0 aliphatic heterocycles. The van der Waals surface area contributed by atoms with Gasteiger partial charge in [0.15, 0.2) is 0 Å². The summed E-state index contributed by atoms with van der Waals surface area (Å²) in [5.41, 5.74) is 0.498. The highest BCUT2D eigenvalue weighted by Gasteiger charge is 2.25. The summed E-state index contributed by atoms with van der Waals surface area (Å²) in [6.45, 7) is -0.613. The Hall–Kier alpha value is -1.65. The van der Waals surface area contributed by atoms with Crippen LogP contribution in [0.1, 0.15) is 43.0 Å².